The molecule has 0 aliphatic rings. The molecule has 0 aliphatic carbocycles. The second-order valence-electron chi connectivity index (χ2n) is 4.41. The van der Waals surface area contributed by atoms with Gasteiger partial charge in [-0.1, -0.05) is 0 Å². The van der Waals surface area contributed by atoms with Crippen LogP contribution in [0.15, 0.2) is 0 Å². The fourth-order valence-electron chi connectivity index (χ4n) is 0.978. The van der Waals surface area contributed by atoms with Gasteiger partial charge in [0, 0.05) is 13.1 Å². The Labute approximate surface area is 103 Å². The third kappa shape index (κ3) is 8.91. The van der Waals surface area contributed by atoms with Gasteiger partial charge in [-0.05, 0) is 27.7 Å². The highest BCUT2D eigenvalue weighted by Gasteiger charge is 2.21. The Kier molecular flexibility index (Phi) is 7.86. The Hall–Kier alpha value is -0.850. The third-order valence-corrected chi connectivity index (χ3v) is 1.62. The van der Waals surface area contributed by atoms with Crippen molar-refractivity contribution < 1.29 is 19.1 Å². The van der Waals surface area contributed by atoms with E-state index in [1.807, 2.05) is 27.7 Å². The van der Waals surface area contributed by atoms with Crippen molar-refractivity contribution in [2.24, 2.45) is 5.73 Å². The number of rotatable bonds is 7. The van der Waals surface area contributed by atoms with Crippen molar-refractivity contribution in [1.29, 1.82) is 0 Å². The normalized spacial score (nSPS) is 11.4. The molecular weight excluding hydrogens is 224 g/mol. The van der Waals surface area contributed by atoms with Gasteiger partial charge in [-0.3, -0.25) is 4.84 Å². The summed E-state index contributed by atoms with van der Waals surface area (Å²) in [6, 6.07) is 0. The molecule has 0 aromatic carbocycles. The zero-order valence-corrected chi connectivity index (χ0v) is 11.2. The van der Waals surface area contributed by atoms with Crippen LogP contribution in [0, 0.1) is 0 Å². The number of carbonyl (C=O) groups excluding carboxylic acids is 1. The SMILES string of the molecule is CCN(OCCOCCN)C(=O)OC(C)(C)C. The maximum Gasteiger partial charge on any atom is 0.434 e. The van der Waals surface area contributed by atoms with Crippen molar-refractivity contribution in [3.63, 3.8) is 0 Å². The average Bonchev–Trinajstić information content (AvgIpc) is 2.20. The van der Waals surface area contributed by atoms with Crippen molar-refractivity contribution in [1.82, 2.24) is 5.06 Å². The first-order valence-electron chi connectivity index (χ1n) is 5.82. The molecular formula is C11H24N2O4. The summed E-state index contributed by atoms with van der Waals surface area (Å²) in [5.41, 5.74) is 4.74. The van der Waals surface area contributed by atoms with Gasteiger partial charge in [-0.15, -0.1) is 0 Å². The van der Waals surface area contributed by atoms with E-state index in [4.69, 9.17) is 20.0 Å². The Morgan fingerprint density at radius 2 is 1.88 bits per heavy atom. The van der Waals surface area contributed by atoms with Crippen LogP contribution >= 0.6 is 0 Å². The minimum absolute atomic E-state index is 0.299. The summed E-state index contributed by atoms with van der Waals surface area (Å²) in [5, 5.41) is 1.18. The van der Waals surface area contributed by atoms with Gasteiger partial charge in [0.15, 0.2) is 0 Å². The van der Waals surface area contributed by atoms with E-state index in [9.17, 15) is 4.79 Å². The summed E-state index contributed by atoms with van der Waals surface area (Å²) in [5.74, 6) is 0. The van der Waals surface area contributed by atoms with E-state index in [1.54, 1.807) is 0 Å². The highest BCUT2D eigenvalue weighted by atomic mass is 16.7. The van der Waals surface area contributed by atoms with Crippen molar-refractivity contribution in [2.75, 3.05) is 32.9 Å². The molecule has 0 spiro atoms. The van der Waals surface area contributed by atoms with Crippen LogP contribution in [0.3, 0.4) is 0 Å². The second kappa shape index (κ2) is 8.27. The summed E-state index contributed by atoms with van der Waals surface area (Å²) in [6.45, 7) is 9.32. The van der Waals surface area contributed by atoms with Crippen LogP contribution in [0.2, 0.25) is 0 Å². The number of carbonyl (C=O) groups is 1. The highest BCUT2D eigenvalue weighted by Crippen LogP contribution is 2.09. The van der Waals surface area contributed by atoms with Crippen LogP contribution in [-0.2, 0) is 14.3 Å². The Bertz CT molecular complexity index is 216. The lowest BCUT2D eigenvalue weighted by atomic mass is 10.2. The van der Waals surface area contributed by atoms with E-state index in [0.717, 1.165) is 0 Å². The molecule has 6 heteroatoms. The maximum absolute atomic E-state index is 11.6. The average molecular weight is 248 g/mol. The summed E-state index contributed by atoms with van der Waals surface area (Å²) in [6.07, 6.45) is -0.487. The minimum Gasteiger partial charge on any atom is -0.442 e. The molecule has 0 rings (SSSR count). The summed E-state index contributed by atoms with van der Waals surface area (Å²) >= 11 is 0. The van der Waals surface area contributed by atoms with Gasteiger partial charge in [-0.25, -0.2) is 4.79 Å². The fourth-order valence-corrected chi connectivity index (χ4v) is 0.978. The minimum atomic E-state index is -0.524. The molecule has 17 heavy (non-hydrogen) atoms. The van der Waals surface area contributed by atoms with Gasteiger partial charge in [0.05, 0.1) is 19.8 Å². The molecule has 0 bridgehead atoms. The van der Waals surface area contributed by atoms with E-state index in [1.165, 1.54) is 5.06 Å². The predicted molar refractivity (Wildman–Crippen MR) is 64.4 cm³/mol. The molecule has 0 fully saturated rings. The Morgan fingerprint density at radius 1 is 1.24 bits per heavy atom. The van der Waals surface area contributed by atoms with Crippen molar-refractivity contribution in [3.8, 4) is 0 Å². The maximum atomic E-state index is 11.6. The second-order valence-corrected chi connectivity index (χ2v) is 4.41. The van der Waals surface area contributed by atoms with Gasteiger partial charge >= 0.3 is 6.09 Å². The van der Waals surface area contributed by atoms with E-state index in [0.29, 0.717) is 32.9 Å². The van der Waals surface area contributed by atoms with E-state index >= 15 is 0 Å². The first-order chi connectivity index (χ1) is 7.90. The number of hydrogen-bond acceptors (Lipinski definition) is 5. The molecule has 0 saturated carbocycles. The molecule has 6 nitrogen and oxygen atoms in total. The number of hydrogen-bond donors (Lipinski definition) is 1. The lowest BCUT2D eigenvalue weighted by Crippen LogP contribution is -2.37. The molecule has 0 aromatic rings. The highest BCUT2D eigenvalue weighted by molar-refractivity contribution is 5.66. The van der Waals surface area contributed by atoms with Gasteiger partial charge in [-0.2, -0.15) is 5.06 Å². The van der Waals surface area contributed by atoms with Crippen LogP contribution in [0.5, 0.6) is 0 Å². The van der Waals surface area contributed by atoms with E-state index in [-0.39, 0.29) is 0 Å². The van der Waals surface area contributed by atoms with Crippen LogP contribution < -0.4 is 5.73 Å². The van der Waals surface area contributed by atoms with Gasteiger partial charge < -0.3 is 15.2 Å². The van der Waals surface area contributed by atoms with Crippen LogP contribution in [0.25, 0.3) is 0 Å². The number of hydroxylamine groups is 2. The Balaban J connectivity index is 3.86. The van der Waals surface area contributed by atoms with Crippen molar-refractivity contribution in [3.05, 3.63) is 0 Å². The molecule has 2 N–H and O–H groups in total. The molecule has 0 aromatic heterocycles. The standard InChI is InChI=1S/C11H24N2O4/c1-5-13(10(14)17-11(2,3)4)16-9-8-15-7-6-12/h5-9,12H2,1-4H3. The molecule has 102 valence electrons. The number of nitrogens with two attached hydrogens (primary N) is 1. The van der Waals surface area contributed by atoms with Gasteiger partial charge in [0.1, 0.15) is 5.60 Å². The topological polar surface area (TPSA) is 74.0 Å². The molecule has 0 unspecified atom stereocenters. The Morgan fingerprint density at radius 3 is 2.35 bits per heavy atom. The fraction of sp³-hybridized carbons (Fsp3) is 0.909. The molecule has 0 radical (unpaired) electrons. The molecule has 0 aliphatic heterocycles. The zero-order chi connectivity index (χ0) is 13.3. The lowest BCUT2D eigenvalue weighted by Gasteiger charge is -2.25. The third-order valence-electron chi connectivity index (χ3n) is 1.62. The van der Waals surface area contributed by atoms with Crippen molar-refractivity contribution in [2.45, 2.75) is 33.3 Å². The first kappa shape index (κ1) is 16.1. The van der Waals surface area contributed by atoms with Gasteiger partial charge in [0.25, 0.3) is 0 Å². The smallest absolute Gasteiger partial charge is 0.434 e. The predicted octanol–water partition coefficient (Wildman–Crippen LogP) is 1.15. The summed E-state index contributed by atoms with van der Waals surface area (Å²) in [4.78, 5) is 16.9. The number of amides is 1. The van der Waals surface area contributed by atoms with Gasteiger partial charge in [0.2, 0.25) is 0 Å². The largest absolute Gasteiger partial charge is 0.442 e. The van der Waals surface area contributed by atoms with E-state index < -0.39 is 11.7 Å². The molecule has 1 amide bonds. The van der Waals surface area contributed by atoms with E-state index in [2.05, 4.69) is 0 Å². The number of nitrogens with zero attached hydrogens (tertiary/aromatic N) is 1. The molecule has 0 atom stereocenters. The molecule has 0 heterocycles. The summed E-state index contributed by atoms with van der Waals surface area (Å²) < 4.78 is 10.3. The molecule has 0 saturated heterocycles. The van der Waals surface area contributed by atoms with Crippen LogP contribution in [-0.4, -0.2) is 49.7 Å². The van der Waals surface area contributed by atoms with Crippen molar-refractivity contribution >= 4 is 6.09 Å². The van der Waals surface area contributed by atoms with Crippen LogP contribution in [0.1, 0.15) is 27.7 Å². The first-order valence-corrected chi connectivity index (χ1v) is 5.82. The summed E-state index contributed by atoms with van der Waals surface area (Å²) in [7, 11) is 0. The lowest BCUT2D eigenvalue weighted by molar-refractivity contribution is -0.154. The monoisotopic (exact) mass is 248 g/mol. The number of ether oxygens (including phenoxy) is 2. The quantitative estimate of drug-likeness (QED) is 0.540. The van der Waals surface area contributed by atoms with Crippen LogP contribution in [0.4, 0.5) is 4.79 Å². The zero-order valence-electron chi connectivity index (χ0n) is 11.2.